The summed E-state index contributed by atoms with van der Waals surface area (Å²) in [5.74, 6) is 2.52. The predicted octanol–water partition coefficient (Wildman–Crippen LogP) is 2.08. The van der Waals surface area contributed by atoms with Crippen molar-refractivity contribution in [3.63, 3.8) is 0 Å². The molecule has 0 aromatic carbocycles. The lowest BCUT2D eigenvalue weighted by molar-refractivity contribution is 0.0321. The van der Waals surface area contributed by atoms with Crippen molar-refractivity contribution in [3.8, 4) is 0 Å². The molecule has 1 saturated carbocycles. The van der Waals surface area contributed by atoms with Crippen molar-refractivity contribution in [2.45, 2.75) is 24.9 Å². The van der Waals surface area contributed by atoms with Gasteiger partial charge in [-0.15, -0.1) is 0 Å². The third-order valence-electron chi connectivity index (χ3n) is 3.63. The summed E-state index contributed by atoms with van der Waals surface area (Å²) in [7, 11) is 0. The van der Waals surface area contributed by atoms with Gasteiger partial charge in [0.25, 0.3) is 0 Å². The van der Waals surface area contributed by atoms with Gasteiger partial charge in [-0.1, -0.05) is 5.16 Å². The molecule has 0 spiro atoms. The van der Waals surface area contributed by atoms with Crippen molar-refractivity contribution in [1.29, 1.82) is 0 Å². The Morgan fingerprint density at radius 2 is 2.05 bits per heavy atom. The van der Waals surface area contributed by atoms with Gasteiger partial charge in [0.15, 0.2) is 0 Å². The van der Waals surface area contributed by atoms with Gasteiger partial charge in [-0.05, 0) is 28.8 Å². The van der Waals surface area contributed by atoms with Gasteiger partial charge in [-0.25, -0.2) is 9.97 Å². The van der Waals surface area contributed by atoms with E-state index in [1.165, 1.54) is 0 Å². The zero-order chi connectivity index (χ0) is 14.2. The van der Waals surface area contributed by atoms with Crippen molar-refractivity contribution >= 4 is 21.9 Å². The highest BCUT2D eigenvalue weighted by molar-refractivity contribution is 9.10. The number of hydrogen-bond donors (Lipinski definition) is 0. The molecule has 2 aromatic heterocycles. The normalized spacial score (nSPS) is 22.5. The van der Waals surface area contributed by atoms with Crippen LogP contribution < -0.4 is 4.90 Å². The summed E-state index contributed by atoms with van der Waals surface area (Å²) in [6.45, 7) is 1.98. The molecule has 8 heteroatoms. The Labute approximate surface area is 129 Å². The third-order valence-corrected chi connectivity index (χ3v) is 4.04. The number of aromatic nitrogens is 4. The minimum absolute atomic E-state index is 0.192. The molecule has 2 aromatic rings. The van der Waals surface area contributed by atoms with Gasteiger partial charge in [-0.3, -0.25) is 0 Å². The number of halogens is 1. The lowest BCUT2D eigenvalue weighted by atomic mass is 10.2. The fourth-order valence-corrected chi connectivity index (χ4v) is 2.53. The van der Waals surface area contributed by atoms with Crippen molar-refractivity contribution in [2.24, 2.45) is 0 Å². The van der Waals surface area contributed by atoms with Gasteiger partial charge in [0.1, 0.15) is 6.10 Å². The summed E-state index contributed by atoms with van der Waals surface area (Å²) in [6, 6.07) is 0. The summed E-state index contributed by atoms with van der Waals surface area (Å²) in [6.07, 6.45) is 5.58. The molecule has 2 aliphatic rings. The largest absolute Gasteiger partial charge is 0.366 e. The van der Waals surface area contributed by atoms with Gasteiger partial charge >= 0.3 is 0 Å². The lowest BCUT2D eigenvalue weighted by Gasteiger charge is -2.31. The Morgan fingerprint density at radius 3 is 2.81 bits per heavy atom. The molecule has 1 atom stereocenters. The molecular weight excluding hydrogens is 338 g/mol. The molecule has 3 heterocycles. The Morgan fingerprint density at radius 1 is 1.24 bits per heavy atom. The maximum atomic E-state index is 5.76. The van der Waals surface area contributed by atoms with E-state index in [0.717, 1.165) is 29.7 Å². The summed E-state index contributed by atoms with van der Waals surface area (Å²) >= 11 is 3.34. The zero-order valence-corrected chi connectivity index (χ0v) is 12.9. The van der Waals surface area contributed by atoms with Gasteiger partial charge in [0.2, 0.25) is 17.7 Å². The first-order valence-corrected chi connectivity index (χ1v) is 7.76. The van der Waals surface area contributed by atoms with E-state index in [-0.39, 0.29) is 6.10 Å². The lowest BCUT2D eigenvalue weighted by Crippen LogP contribution is -2.39. The monoisotopic (exact) mass is 351 g/mol. The Kier molecular flexibility index (Phi) is 3.34. The van der Waals surface area contributed by atoms with Crippen LogP contribution in [0.4, 0.5) is 5.95 Å². The van der Waals surface area contributed by atoms with E-state index < -0.39 is 0 Å². The van der Waals surface area contributed by atoms with Gasteiger partial charge in [0.05, 0.1) is 17.6 Å². The van der Waals surface area contributed by atoms with E-state index in [1.807, 2.05) is 0 Å². The molecule has 0 N–H and O–H groups in total. The second-order valence-corrected chi connectivity index (χ2v) is 6.19. The smallest absolute Gasteiger partial charge is 0.229 e. The number of morpholine rings is 1. The van der Waals surface area contributed by atoms with Gasteiger partial charge in [-0.2, -0.15) is 4.98 Å². The van der Waals surface area contributed by atoms with E-state index in [0.29, 0.717) is 30.8 Å². The number of rotatable bonds is 3. The Hall–Kier alpha value is -1.54. The van der Waals surface area contributed by atoms with Gasteiger partial charge < -0.3 is 14.2 Å². The highest BCUT2D eigenvalue weighted by Gasteiger charge is 2.32. The second kappa shape index (κ2) is 5.34. The van der Waals surface area contributed by atoms with Crippen LogP contribution in [-0.2, 0) is 4.74 Å². The number of anilines is 1. The van der Waals surface area contributed by atoms with E-state index in [4.69, 9.17) is 9.26 Å². The van der Waals surface area contributed by atoms with Crippen LogP contribution >= 0.6 is 15.9 Å². The molecule has 1 saturated heterocycles. The fraction of sp³-hybridized carbons (Fsp3) is 0.538. The van der Waals surface area contributed by atoms with E-state index >= 15 is 0 Å². The van der Waals surface area contributed by atoms with Crippen LogP contribution in [0.2, 0.25) is 0 Å². The highest BCUT2D eigenvalue weighted by atomic mass is 79.9. The molecule has 110 valence electrons. The standard InChI is InChI=1S/C13H14BrN5O2/c14-9-5-15-13(16-6-9)19-3-4-20-10(7-19)11-17-12(21-18-11)8-1-2-8/h5-6,8,10H,1-4,7H2. The number of ether oxygens (including phenoxy) is 1. The Balaban J connectivity index is 1.50. The summed E-state index contributed by atoms with van der Waals surface area (Å²) in [5.41, 5.74) is 0. The van der Waals surface area contributed by atoms with Crippen LogP contribution in [0.5, 0.6) is 0 Å². The van der Waals surface area contributed by atoms with Crippen LogP contribution in [0, 0.1) is 0 Å². The quantitative estimate of drug-likeness (QED) is 0.837. The molecule has 7 nitrogen and oxygen atoms in total. The van der Waals surface area contributed by atoms with Crippen LogP contribution in [-0.4, -0.2) is 39.8 Å². The average molecular weight is 352 g/mol. The van der Waals surface area contributed by atoms with Crippen LogP contribution in [0.15, 0.2) is 21.4 Å². The predicted molar refractivity (Wildman–Crippen MR) is 76.9 cm³/mol. The molecule has 21 heavy (non-hydrogen) atoms. The van der Waals surface area contributed by atoms with E-state index in [2.05, 4.69) is 40.9 Å². The van der Waals surface area contributed by atoms with Crippen molar-refractivity contribution < 1.29 is 9.26 Å². The van der Waals surface area contributed by atoms with Crippen molar-refractivity contribution in [3.05, 3.63) is 28.6 Å². The molecule has 4 rings (SSSR count). The molecule has 1 unspecified atom stereocenters. The van der Waals surface area contributed by atoms with Crippen LogP contribution in [0.3, 0.4) is 0 Å². The topological polar surface area (TPSA) is 77.2 Å². The highest BCUT2D eigenvalue weighted by Crippen LogP contribution is 2.39. The first-order chi connectivity index (χ1) is 10.3. The summed E-state index contributed by atoms with van der Waals surface area (Å²) in [4.78, 5) is 15.2. The molecule has 2 fully saturated rings. The molecule has 0 amide bonds. The molecule has 0 bridgehead atoms. The first-order valence-electron chi connectivity index (χ1n) is 6.97. The van der Waals surface area contributed by atoms with Crippen LogP contribution in [0.25, 0.3) is 0 Å². The number of nitrogens with zero attached hydrogens (tertiary/aromatic N) is 5. The average Bonchev–Trinajstić information content (AvgIpc) is 3.25. The summed E-state index contributed by atoms with van der Waals surface area (Å²) in [5, 5.41) is 4.06. The third kappa shape index (κ3) is 2.77. The van der Waals surface area contributed by atoms with Crippen molar-refractivity contribution in [2.75, 3.05) is 24.6 Å². The minimum atomic E-state index is -0.192. The molecule has 0 radical (unpaired) electrons. The number of hydrogen-bond acceptors (Lipinski definition) is 7. The maximum absolute atomic E-state index is 5.76. The SMILES string of the molecule is Brc1cnc(N2CCOC(c3noc(C4CC4)n3)C2)nc1. The van der Waals surface area contributed by atoms with Gasteiger partial charge in [0, 0.05) is 24.9 Å². The maximum Gasteiger partial charge on any atom is 0.229 e. The molecule has 1 aliphatic heterocycles. The molecule has 1 aliphatic carbocycles. The van der Waals surface area contributed by atoms with Crippen molar-refractivity contribution in [1.82, 2.24) is 20.1 Å². The summed E-state index contributed by atoms with van der Waals surface area (Å²) < 4.78 is 11.9. The van der Waals surface area contributed by atoms with E-state index in [1.54, 1.807) is 12.4 Å². The zero-order valence-electron chi connectivity index (χ0n) is 11.3. The van der Waals surface area contributed by atoms with E-state index in [9.17, 15) is 0 Å². The Bertz CT molecular complexity index is 628. The first kappa shape index (κ1) is 13.1. The minimum Gasteiger partial charge on any atom is -0.366 e. The van der Waals surface area contributed by atoms with Crippen LogP contribution in [0.1, 0.15) is 36.6 Å². The second-order valence-electron chi connectivity index (χ2n) is 5.27. The molecular formula is C13H14BrN5O2. The fourth-order valence-electron chi connectivity index (χ4n) is 2.33.